The van der Waals surface area contributed by atoms with Gasteiger partial charge in [-0.2, -0.15) is 5.10 Å². The number of aryl methyl sites for hydroxylation is 1. The van der Waals surface area contributed by atoms with E-state index in [1.807, 2.05) is 17.9 Å². The molecule has 3 heterocycles. The van der Waals surface area contributed by atoms with Crippen LogP contribution in [0.3, 0.4) is 0 Å². The third-order valence-corrected chi connectivity index (χ3v) is 6.33. The Labute approximate surface area is 156 Å². The maximum Gasteiger partial charge on any atom is 0.163 e. The van der Waals surface area contributed by atoms with Gasteiger partial charge in [-0.3, -0.25) is 9.58 Å². The second kappa shape index (κ2) is 7.51. The van der Waals surface area contributed by atoms with Crippen LogP contribution in [0.1, 0.15) is 63.6 Å². The van der Waals surface area contributed by atoms with Crippen molar-refractivity contribution in [2.75, 3.05) is 31.6 Å². The molecule has 2 aromatic heterocycles. The van der Waals surface area contributed by atoms with E-state index in [4.69, 9.17) is 9.97 Å². The summed E-state index contributed by atoms with van der Waals surface area (Å²) >= 11 is 0. The van der Waals surface area contributed by atoms with Crippen molar-refractivity contribution < 1.29 is 0 Å². The first-order chi connectivity index (χ1) is 12.6. The van der Waals surface area contributed by atoms with E-state index in [-0.39, 0.29) is 0 Å². The van der Waals surface area contributed by atoms with Crippen LogP contribution in [-0.4, -0.2) is 57.4 Å². The van der Waals surface area contributed by atoms with E-state index in [0.29, 0.717) is 12.0 Å². The smallest absolute Gasteiger partial charge is 0.163 e. The molecule has 2 fully saturated rings. The zero-order valence-electron chi connectivity index (χ0n) is 16.5. The lowest BCUT2D eigenvalue weighted by Crippen LogP contribution is -2.42. The van der Waals surface area contributed by atoms with Gasteiger partial charge in [-0.25, -0.2) is 9.97 Å². The van der Waals surface area contributed by atoms with Gasteiger partial charge in [-0.15, -0.1) is 0 Å². The number of hydrogen-bond donors (Lipinski definition) is 0. The van der Waals surface area contributed by atoms with Gasteiger partial charge < -0.3 is 4.90 Å². The summed E-state index contributed by atoms with van der Waals surface area (Å²) in [7, 11) is 4.15. The fourth-order valence-corrected chi connectivity index (χ4v) is 4.56. The van der Waals surface area contributed by atoms with E-state index in [9.17, 15) is 0 Å². The molecule has 0 bridgehead atoms. The highest BCUT2D eigenvalue weighted by molar-refractivity contribution is 5.86. The highest BCUT2D eigenvalue weighted by atomic mass is 15.3. The van der Waals surface area contributed by atoms with Crippen LogP contribution in [0.15, 0.2) is 6.20 Å². The molecule has 2 aromatic rings. The molecule has 1 aliphatic carbocycles. The lowest BCUT2D eigenvalue weighted by Gasteiger charge is -2.34. The fraction of sp³-hybridized carbons (Fsp3) is 0.750. The topological polar surface area (TPSA) is 50.1 Å². The first kappa shape index (κ1) is 17.7. The number of nitrogens with zero attached hydrogens (tertiary/aromatic N) is 6. The van der Waals surface area contributed by atoms with Crippen molar-refractivity contribution in [3.05, 3.63) is 12.0 Å². The van der Waals surface area contributed by atoms with Gasteiger partial charge in [0.1, 0.15) is 11.6 Å². The number of hydrogen-bond acceptors (Lipinski definition) is 5. The van der Waals surface area contributed by atoms with Crippen LogP contribution in [0, 0.1) is 0 Å². The minimum absolute atomic E-state index is 0.517. The molecule has 1 saturated heterocycles. The molecular formula is C20H32N6. The molecule has 0 radical (unpaired) electrons. The second-order valence-electron chi connectivity index (χ2n) is 8.19. The summed E-state index contributed by atoms with van der Waals surface area (Å²) in [6.45, 7) is 5.69. The van der Waals surface area contributed by atoms with Crippen molar-refractivity contribution in [1.29, 1.82) is 0 Å². The number of likely N-dealkylation sites (N-methyl/N-ethyl adjacent to an activating group) is 1. The number of rotatable bonds is 5. The van der Waals surface area contributed by atoms with Gasteiger partial charge in [0.05, 0.1) is 11.6 Å². The molecule has 142 valence electrons. The maximum absolute atomic E-state index is 5.02. The molecule has 26 heavy (non-hydrogen) atoms. The van der Waals surface area contributed by atoms with E-state index in [0.717, 1.165) is 35.8 Å². The van der Waals surface area contributed by atoms with Gasteiger partial charge in [-0.05, 0) is 39.2 Å². The second-order valence-corrected chi connectivity index (χ2v) is 8.19. The summed E-state index contributed by atoms with van der Waals surface area (Å²) in [5.74, 6) is 2.59. The normalized spacial score (nSPS) is 22.3. The Bertz CT molecular complexity index is 748. The Kier molecular flexibility index (Phi) is 5.11. The van der Waals surface area contributed by atoms with Crippen molar-refractivity contribution in [2.45, 2.75) is 63.8 Å². The van der Waals surface area contributed by atoms with Gasteiger partial charge in [0.25, 0.3) is 0 Å². The summed E-state index contributed by atoms with van der Waals surface area (Å²) in [5, 5.41) is 5.52. The molecule has 0 spiro atoms. The quantitative estimate of drug-likeness (QED) is 0.822. The van der Waals surface area contributed by atoms with Crippen molar-refractivity contribution in [3.8, 4) is 0 Å². The Balaban J connectivity index is 1.57. The molecule has 6 nitrogen and oxygen atoms in total. The first-order valence-corrected chi connectivity index (χ1v) is 10.3. The average molecular weight is 357 g/mol. The third-order valence-electron chi connectivity index (χ3n) is 6.33. The summed E-state index contributed by atoms with van der Waals surface area (Å²) in [5.41, 5.74) is 0.968. The van der Waals surface area contributed by atoms with E-state index in [1.165, 1.54) is 51.5 Å². The first-order valence-electron chi connectivity index (χ1n) is 10.3. The highest BCUT2D eigenvalue weighted by Gasteiger charge is 2.24. The largest absolute Gasteiger partial charge is 0.358 e. The monoisotopic (exact) mass is 356 g/mol. The predicted molar refractivity (Wildman–Crippen MR) is 106 cm³/mol. The Morgan fingerprint density at radius 2 is 1.88 bits per heavy atom. The number of piperidine rings is 1. The van der Waals surface area contributed by atoms with Crippen LogP contribution in [0.25, 0.3) is 11.0 Å². The Morgan fingerprint density at radius 1 is 1.12 bits per heavy atom. The van der Waals surface area contributed by atoms with Crippen LogP contribution >= 0.6 is 0 Å². The van der Waals surface area contributed by atoms with Gasteiger partial charge in [0.2, 0.25) is 0 Å². The Hall–Kier alpha value is -1.69. The molecule has 0 N–H and O–H groups in total. The fourth-order valence-electron chi connectivity index (χ4n) is 4.56. The SMILES string of the molecule is C[C@H]1CCCCN1CCN(C)c1nc(C2CCCC2)nc2c1cnn2C. The van der Waals surface area contributed by atoms with E-state index in [2.05, 4.69) is 28.9 Å². The molecule has 1 aliphatic heterocycles. The molecular weight excluding hydrogens is 324 g/mol. The van der Waals surface area contributed by atoms with Gasteiger partial charge in [0.15, 0.2) is 5.65 Å². The number of fused-ring (bicyclic) bond motifs is 1. The molecule has 6 heteroatoms. The lowest BCUT2D eigenvalue weighted by molar-refractivity contribution is 0.165. The van der Waals surface area contributed by atoms with Crippen LogP contribution in [-0.2, 0) is 7.05 Å². The molecule has 0 amide bonds. The van der Waals surface area contributed by atoms with Crippen molar-refractivity contribution >= 4 is 16.9 Å². The predicted octanol–water partition coefficient (Wildman–Crippen LogP) is 3.33. The molecule has 1 saturated carbocycles. The maximum atomic E-state index is 5.02. The molecule has 2 aliphatic rings. The van der Waals surface area contributed by atoms with Crippen molar-refractivity contribution in [2.24, 2.45) is 7.05 Å². The van der Waals surface area contributed by atoms with Crippen LogP contribution < -0.4 is 4.90 Å². The third kappa shape index (κ3) is 3.43. The summed E-state index contributed by atoms with van der Waals surface area (Å²) in [6, 6.07) is 0.704. The van der Waals surface area contributed by atoms with Crippen LogP contribution in [0.2, 0.25) is 0 Å². The van der Waals surface area contributed by atoms with Crippen molar-refractivity contribution in [1.82, 2.24) is 24.6 Å². The average Bonchev–Trinajstić information content (AvgIpc) is 3.30. The summed E-state index contributed by atoms with van der Waals surface area (Å²) in [6.07, 6.45) is 11.0. The number of anilines is 1. The van der Waals surface area contributed by atoms with Gasteiger partial charge >= 0.3 is 0 Å². The van der Waals surface area contributed by atoms with E-state index >= 15 is 0 Å². The zero-order chi connectivity index (χ0) is 18.1. The van der Waals surface area contributed by atoms with E-state index in [1.54, 1.807) is 0 Å². The molecule has 1 atom stereocenters. The molecule has 4 rings (SSSR count). The highest BCUT2D eigenvalue weighted by Crippen LogP contribution is 2.34. The summed E-state index contributed by atoms with van der Waals surface area (Å²) in [4.78, 5) is 14.8. The lowest BCUT2D eigenvalue weighted by atomic mass is 10.0. The summed E-state index contributed by atoms with van der Waals surface area (Å²) < 4.78 is 1.89. The minimum Gasteiger partial charge on any atom is -0.358 e. The standard InChI is InChI=1S/C20H32N6/c1-15-8-6-7-11-26(15)13-12-24(2)19-17-14-21-25(3)20(17)23-18(22-19)16-9-4-5-10-16/h14-16H,4-13H2,1-3H3/t15-/m0/s1. The Morgan fingerprint density at radius 3 is 2.65 bits per heavy atom. The van der Waals surface area contributed by atoms with Crippen molar-refractivity contribution in [3.63, 3.8) is 0 Å². The number of likely N-dealkylation sites (tertiary alicyclic amines) is 1. The van der Waals surface area contributed by atoms with Gasteiger partial charge in [-0.1, -0.05) is 19.3 Å². The van der Waals surface area contributed by atoms with Crippen LogP contribution in [0.5, 0.6) is 0 Å². The van der Waals surface area contributed by atoms with Crippen LogP contribution in [0.4, 0.5) is 5.82 Å². The van der Waals surface area contributed by atoms with E-state index < -0.39 is 0 Å². The minimum atomic E-state index is 0.517. The zero-order valence-corrected chi connectivity index (χ0v) is 16.5. The van der Waals surface area contributed by atoms with Gasteiger partial charge in [0, 0.05) is 39.1 Å². The number of aromatic nitrogens is 4. The molecule has 0 aromatic carbocycles. The molecule has 0 unspecified atom stereocenters.